The molecular formula is C16H16N2O5S. The molecule has 0 aliphatic rings. The van der Waals surface area contributed by atoms with E-state index in [9.17, 15) is 9.59 Å². The summed E-state index contributed by atoms with van der Waals surface area (Å²) in [5.41, 5.74) is 2.36. The molecule has 0 atom stereocenters. The second-order valence-corrected chi connectivity index (χ2v) is 5.55. The Kier molecular flexibility index (Phi) is 6.93. The lowest BCUT2D eigenvalue weighted by Crippen LogP contribution is -2.26. The van der Waals surface area contributed by atoms with Crippen molar-refractivity contribution in [2.75, 3.05) is 13.2 Å². The van der Waals surface area contributed by atoms with Crippen LogP contribution in [0, 0.1) is 0 Å². The van der Waals surface area contributed by atoms with Crippen molar-refractivity contribution in [2.24, 2.45) is 0 Å². The SMILES string of the molecule is O=C(/C=C/c1ccoc1)NCCOc1ccc(SC(=O)NO)cc1. The highest BCUT2D eigenvalue weighted by molar-refractivity contribution is 8.13. The summed E-state index contributed by atoms with van der Waals surface area (Å²) in [7, 11) is 0. The third-order valence-electron chi connectivity index (χ3n) is 2.77. The van der Waals surface area contributed by atoms with Crippen LogP contribution in [0.3, 0.4) is 0 Å². The fourth-order valence-electron chi connectivity index (χ4n) is 1.68. The van der Waals surface area contributed by atoms with Crippen molar-refractivity contribution in [2.45, 2.75) is 4.90 Å². The maximum absolute atomic E-state index is 11.6. The average Bonchev–Trinajstić information content (AvgIpc) is 3.11. The van der Waals surface area contributed by atoms with Crippen LogP contribution in [0.4, 0.5) is 4.79 Å². The van der Waals surface area contributed by atoms with E-state index < -0.39 is 5.24 Å². The number of carbonyl (C=O) groups is 2. The Bertz CT molecular complexity index is 683. The highest BCUT2D eigenvalue weighted by atomic mass is 32.2. The van der Waals surface area contributed by atoms with Crippen LogP contribution in [0.25, 0.3) is 6.08 Å². The molecule has 2 amide bonds. The molecule has 0 spiro atoms. The molecule has 1 heterocycles. The quantitative estimate of drug-likeness (QED) is 0.234. The van der Waals surface area contributed by atoms with E-state index in [1.54, 1.807) is 48.2 Å². The van der Waals surface area contributed by atoms with Gasteiger partial charge in [-0.25, -0.2) is 5.48 Å². The molecule has 0 aliphatic carbocycles. The largest absolute Gasteiger partial charge is 0.492 e. The predicted octanol–water partition coefficient (Wildman–Crippen LogP) is 2.68. The van der Waals surface area contributed by atoms with Gasteiger partial charge in [0, 0.05) is 16.5 Å². The summed E-state index contributed by atoms with van der Waals surface area (Å²) in [5.74, 6) is 0.397. The molecule has 0 aliphatic heterocycles. The second-order valence-electron chi connectivity index (χ2n) is 4.50. The van der Waals surface area contributed by atoms with Gasteiger partial charge in [-0.2, -0.15) is 0 Å². The zero-order valence-electron chi connectivity index (χ0n) is 12.6. The number of carbonyl (C=O) groups excluding carboxylic acids is 2. The van der Waals surface area contributed by atoms with Crippen molar-refractivity contribution in [1.82, 2.24) is 10.8 Å². The number of hydrogen-bond acceptors (Lipinski definition) is 6. The van der Waals surface area contributed by atoms with E-state index in [1.807, 2.05) is 0 Å². The van der Waals surface area contributed by atoms with Crippen LogP contribution in [-0.4, -0.2) is 29.5 Å². The number of thioether (sulfide) groups is 1. The van der Waals surface area contributed by atoms with Crippen LogP contribution >= 0.6 is 11.8 Å². The van der Waals surface area contributed by atoms with Crippen LogP contribution in [-0.2, 0) is 4.79 Å². The topological polar surface area (TPSA) is 101 Å². The molecule has 0 fully saturated rings. The molecule has 1 aromatic heterocycles. The summed E-state index contributed by atoms with van der Waals surface area (Å²) in [6.45, 7) is 0.673. The van der Waals surface area contributed by atoms with E-state index in [2.05, 4.69) is 5.32 Å². The van der Waals surface area contributed by atoms with E-state index in [-0.39, 0.29) is 5.91 Å². The summed E-state index contributed by atoms with van der Waals surface area (Å²) in [6, 6.07) is 8.54. The van der Waals surface area contributed by atoms with Gasteiger partial charge in [-0.05, 0) is 48.2 Å². The van der Waals surface area contributed by atoms with Crippen LogP contribution < -0.4 is 15.5 Å². The molecule has 0 saturated carbocycles. The molecule has 0 bridgehead atoms. The maximum Gasteiger partial charge on any atom is 0.307 e. The third-order valence-corrected chi connectivity index (χ3v) is 3.55. The first-order chi connectivity index (χ1) is 11.7. The van der Waals surface area contributed by atoms with Gasteiger partial charge < -0.3 is 14.5 Å². The zero-order chi connectivity index (χ0) is 17.2. The van der Waals surface area contributed by atoms with Crippen molar-refractivity contribution in [3.05, 3.63) is 54.5 Å². The molecule has 3 N–H and O–H groups in total. The Morgan fingerprint density at radius 1 is 1.25 bits per heavy atom. The van der Waals surface area contributed by atoms with Gasteiger partial charge in [-0.3, -0.25) is 14.8 Å². The lowest BCUT2D eigenvalue weighted by Gasteiger charge is -2.07. The molecule has 0 radical (unpaired) electrons. The maximum atomic E-state index is 11.6. The van der Waals surface area contributed by atoms with Crippen LogP contribution in [0.15, 0.2) is 58.2 Å². The molecule has 1 aromatic carbocycles. The minimum Gasteiger partial charge on any atom is -0.492 e. The first-order valence-electron chi connectivity index (χ1n) is 7.00. The fraction of sp³-hybridized carbons (Fsp3) is 0.125. The summed E-state index contributed by atoms with van der Waals surface area (Å²) < 4.78 is 10.4. The minimum atomic E-state index is -0.560. The number of furan rings is 1. The standard InChI is InChI=1S/C16H16N2O5S/c19-15(6-1-12-7-9-22-11-12)17-8-10-23-13-2-4-14(5-3-13)24-16(20)18-21/h1-7,9,11,21H,8,10H2,(H,17,19)(H,18,20)/b6-1+. The van der Waals surface area contributed by atoms with E-state index in [1.165, 1.54) is 12.3 Å². The first-order valence-corrected chi connectivity index (χ1v) is 7.82. The van der Waals surface area contributed by atoms with Gasteiger partial charge in [-0.15, -0.1) is 0 Å². The van der Waals surface area contributed by atoms with Gasteiger partial charge in [-0.1, -0.05) is 0 Å². The van der Waals surface area contributed by atoms with E-state index >= 15 is 0 Å². The number of amides is 2. The molecule has 126 valence electrons. The molecule has 7 nitrogen and oxygen atoms in total. The molecule has 0 unspecified atom stereocenters. The van der Waals surface area contributed by atoms with E-state index in [4.69, 9.17) is 14.4 Å². The average molecular weight is 348 g/mol. The van der Waals surface area contributed by atoms with Crippen molar-refractivity contribution < 1.29 is 24.0 Å². The van der Waals surface area contributed by atoms with Gasteiger partial charge in [0.1, 0.15) is 12.4 Å². The van der Waals surface area contributed by atoms with Gasteiger partial charge in [0.25, 0.3) is 0 Å². The molecule has 0 saturated heterocycles. The highest BCUT2D eigenvalue weighted by Gasteiger charge is 2.03. The lowest BCUT2D eigenvalue weighted by molar-refractivity contribution is -0.116. The van der Waals surface area contributed by atoms with Crippen molar-refractivity contribution in [3.8, 4) is 5.75 Å². The molecule has 24 heavy (non-hydrogen) atoms. The molecule has 2 rings (SSSR count). The second kappa shape index (κ2) is 9.43. The fourth-order valence-corrected chi connectivity index (χ4v) is 2.21. The van der Waals surface area contributed by atoms with Crippen molar-refractivity contribution in [1.29, 1.82) is 0 Å². The Morgan fingerprint density at radius 3 is 2.71 bits per heavy atom. The highest BCUT2D eigenvalue weighted by Crippen LogP contribution is 2.21. The number of nitrogens with one attached hydrogen (secondary N) is 2. The monoisotopic (exact) mass is 348 g/mol. The van der Waals surface area contributed by atoms with Gasteiger partial charge in [0.05, 0.1) is 19.1 Å². The normalized spacial score (nSPS) is 10.5. The Morgan fingerprint density at radius 2 is 2.04 bits per heavy atom. The summed E-state index contributed by atoms with van der Waals surface area (Å²) in [4.78, 5) is 23.2. The van der Waals surface area contributed by atoms with Gasteiger partial charge in [0.15, 0.2) is 0 Å². The van der Waals surface area contributed by atoms with Crippen LogP contribution in [0.5, 0.6) is 5.75 Å². The Balaban J connectivity index is 1.66. The summed E-state index contributed by atoms with van der Waals surface area (Å²) >= 11 is 0.862. The number of hydrogen-bond donors (Lipinski definition) is 3. The molecule has 2 aromatic rings. The van der Waals surface area contributed by atoms with Crippen molar-refractivity contribution >= 4 is 29.0 Å². The summed E-state index contributed by atoms with van der Waals surface area (Å²) in [5, 5.41) is 10.6. The number of rotatable bonds is 7. The smallest absolute Gasteiger partial charge is 0.307 e. The minimum absolute atomic E-state index is 0.221. The van der Waals surface area contributed by atoms with Crippen molar-refractivity contribution in [3.63, 3.8) is 0 Å². The third kappa shape index (κ3) is 6.19. The van der Waals surface area contributed by atoms with Crippen LogP contribution in [0.1, 0.15) is 5.56 Å². The predicted molar refractivity (Wildman–Crippen MR) is 88.9 cm³/mol. The van der Waals surface area contributed by atoms with E-state index in [0.717, 1.165) is 17.3 Å². The summed E-state index contributed by atoms with van der Waals surface area (Å²) in [6.07, 6.45) is 6.14. The zero-order valence-corrected chi connectivity index (χ0v) is 13.4. The van der Waals surface area contributed by atoms with E-state index in [0.29, 0.717) is 23.8 Å². The van der Waals surface area contributed by atoms with Gasteiger partial charge in [0.2, 0.25) is 5.91 Å². The molecular weight excluding hydrogens is 332 g/mol. The Labute approximate surface area is 142 Å². The number of benzene rings is 1. The van der Waals surface area contributed by atoms with Crippen LogP contribution in [0.2, 0.25) is 0 Å². The first kappa shape index (κ1) is 17.6. The lowest BCUT2D eigenvalue weighted by atomic mass is 10.3. The number of ether oxygens (including phenoxy) is 1. The Hall–Kier alpha value is -2.71. The van der Waals surface area contributed by atoms with Gasteiger partial charge >= 0.3 is 5.24 Å². The molecule has 8 heteroatoms. The number of hydroxylamine groups is 1.